The summed E-state index contributed by atoms with van der Waals surface area (Å²) in [5, 5.41) is 8.20. The van der Waals surface area contributed by atoms with E-state index in [9.17, 15) is 0 Å². The molecule has 0 N–H and O–H groups in total. The topological polar surface area (TPSA) is 24.7 Å². The quantitative estimate of drug-likeness (QED) is 0.306. The molecule has 2 saturated carbocycles. The molecule has 4 rings (SSSR count). The number of rotatable bonds is 2. The van der Waals surface area contributed by atoms with Crippen LogP contribution in [0.5, 0.6) is 0 Å². The molecule has 184 valence electrons. The van der Waals surface area contributed by atoms with E-state index in [0.29, 0.717) is 0 Å². The number of nitrogens with zero attached hydrogens (tertiary/aromatic N) is 2. The smallest absolute Gasteiger partial charge is 0.0857 e. The molecule has 2 aromatic carbocycles. The summed E-state index contributed by atoms with van der Waals surface area (Å²) in [4.78, 5) is 0. The van der Waals surface area contributed by atoms with Crippen molar-refractivity contribution in [1.82, 2.24) is 0 Å². The van der Waals surface area contributed by atoms with Crippen LogP contribution in [0.3, 0.4) is 0 Å². The van der Waals surface area contributed by atoms with Crippen molar-refractivity contribution in [2.75, 3.05) is 0 Å². The summed E-state index contributed by atoms with van der Waals surface area (Å²) in [5.41, 5.74) is 1.74. The summed E-state index contributed by atoms with van der Waals surface area (Å²) < 4.78 is 0. The van der Waals surface area contributed by atoms with E-state index in [0.717, 1.165) is 11.4 Å². The van der Waals surface area contributed by atoms with Gasteiger partial charge < -0.3 is 0 Å². The normalized spacial score (nSPS) is 20.5. The largest absolute Gasteiger partial charge is 0.151 e. The predicted octanol–water partition coefficient (Wildman–Crippen LogP) is 10.0. The van der Waals surface area contributed by atoms with Crippen LogP contribution in [0.25, 0.3) is 0 Å². The van der Waals surface area contributed by atoms with Crippen LogP contribution in [0, 0.1) is 99.6 Å². The van der Waals surface area contributed by atoms with Crippen molar-refractivity contribution in [2.24, 2.45) is 10.2 Å². The van der Waals surface area contributed by atoms with Gasteiger partial charge in [0, 0.05) is 40.4 Å². The van der Waals surface area contributed by atoms with Gasteiger partial charge in [0.1, 0.15) is 0 Å². The zero-order valence-corrected chi connectivity index (χ0v) is 25.7. The number of hydrogen-bond donors (Lipinski definition) is 0. The second-order valence-electron chi connectivity index (χ2n) is 9.12. The van der Waals surface area contributed by atoms with Crippen molar-refractivity contribution < 1.29 is 40.4 Å². The Bertz CT molecular complexity index is 691. The van der Waals surface area contributed by atoms with Crippen molar-refractivity contribution >= 4 is 11.4 Å². The minimum atomic E-state index is 0. The van der Waals surface area contributed by atoms with Crippen molar-refractivity contribution in [3.05, 3.63) is 120 Å². The maximum absolute atomic E-state index is 4.10. The molecular formula is C32H40N2Sm. The van der Waals surface area contributed by atoms with E-state index in [1.54, 1.807) is 0 Å². The molecule has 0 spiro atoms. The summed E-state index contributed by atoms with van der Waals surface area (Å²) in [6.07, 6.45) is 0. The molecule has 0 aromatic heterocycles. The summed E-state index contributed by atoms with van der Waals surface area (Å²) >= 11 is 0. The first-order valence-corrected chi connectivity index (χ1v) is 12.0. The fourth-order valence-electron chi connectivity index (χ4n) is 3.92. The second kappa shape index (κ2) is 15.6. The zero-order chi connectivity index (χ0) is 25.4. The van der Waals surface area contributed by atoms with Crippen LogP contribution in [0.4, 0.5) is 11.4 Å². The summed E-state index contributed by atoms with van der Waals surface area (Å²) in [6.45, 7) is 22.0. The number of benzene rings is 2. The Hall–Kier alpha value is -0.622. The molecule has 35 heavy (non-hydrogen) atoms. The van der Waals surface area contributed by atoms with Gasteiger partial charge >= 0.3 is 0 Å². The maximum atomic E-state index is 4.10. The van der Waals surface area contributed by atoms with E-state index in [4.69, 9.17) is 0 Å². The molecular weight excluding hydrogens is 563 g/mol. The number of hydrogen-bond acceptors (Lipinski definition) is 2. The van der Waals surface area contributed by atoms with Gasteiger partial charge in [0.05, 0.1) is 11.4 Å². The van der Waals surface area contributed by atoms with Gasteiger partial charge in [-0.05, 0) is 83.4 Å². The molecule has 2 fully saturated rings. The van der Waals surface area contributed by atoms with Gasteiger partial charge in [-0.3, -0.25) is 0 Å². The van der Waals surface area contributed by atoms with Crippen LogP contribution in [0.1, 0.15) is 69.2 Å². The van der Waals surface area contributed by atoms with E-state index in [-0.39, 0.29) is 40.4 Å². The minimum Gasteiger partial charge on any atom is -0.151 e. The molecule has 2 aliphatic carbocycles. The SMILES string of the molecule is C[C]1[C](C)[C](C)[C](C)[C]1C.C[C]1[C](C)[C](C)[C](C)[C]1C.[Sm].c1ccc(N=Nc2ccccc2)cc1. The molecule has 0 aliphatic heterocycles. The Morgan fingerprint density at radius 1 is 0.314 bits per heavy atom. The Morgan fingerprint density at radius 2 is 0.486 bits per heavy atom. The van der Waals surface area contributed by atoms with Crippen molar-refractivity contribution in [3.8, 4) is 0 Å². The van der Waals surface area contributed by atoms with Crippen LogP contribution in [-0.4, -0.2) is 0 Å². The van der Waals surface area contributed by atoms with E-state index in [2.05, 4.69) is 79.5 Å². The molecule has 3 heteroatoms. The van der Waals surface area contributed by atoms with E-state index in [1.165, 1.54) is 59.2 Å². The monoisotopic (exact) mass is 604 g/mol. The number of azo groups is 1. The zero-order valence-electron chi connectivity index (χ0n) is 23.1. The van der Waals surface area contributed by atoms with Gasteiger partial charge in [-0.25, -0.2) is 0 Å². The average Bonchev–Trinajstić information content (AvgIpc) is 3.14. The molecule has 2 nitrogen and oxygen atoms in total. The van der Waals surface area contributed by atoms with Gasteiger partial charge in [0.15, 0.2) is 0 Å². The molecule has 2 aliphatic rings. The minimum absolute atomic E-state index is 0. The van der Waals surface area contributed by atoms with Gasteiger partial charge in [-0.1, -0.05) is 106 Å². The van der Waals surface area contributed by atoms with Crippen molar-refractivity contribution in [3.63, 3.8) is 0 Å². The molecule has 0 atom stereocenters. The third-order valence-corrected chi connectivity index (χ3v) is 7.42. The average molecular weight is 603 g/mol. The van der Waals surface area contributed by atoms with Crippen LogP contribution in [0.2, 0.25) is 0 Å². The van der Waals surface area contributed by atoms with E-state index in [1.807, 2.05) is 60.7 Å². The van der Waals surface area contributed by atoms with Crippen LogP contribution < -0.4 is 0 Å². The first-order chi connectivity index (χ1) is 16.1. The fraction of sp³-hybridized carbons (Fsp3) is 0.312. The summed E-state index contributed by atoms with van der Waals surface area (Å²) in [7, 11) is 0. The third kappa shape index (κ3) is 9.01. The summed E-state index contributed by atoms with van der Waals surface area (Å²) in [5.74, 6) is 14.7. The van der Waals surface area contributed by atoms with E-state index >= 15 is 0 Å². The Kier molecular flexibility index (Phi) is 14.4. The molecule has 2 aromatic rings. The second-order valence-corrected chi connectivity index (χ2v) is 9.12. The van der Waals surface area contributed by atoms with Crippen LogP contribution in [-0.2, 0) is 0 Å². The molecule has 0 heterocycles. The first-order valence-electron chi connectivity index (χ1n) is 12.0. The molecule has 0 saturated heterocycles. The van der Waals surface area contributed by atoms with Crippen molar-refractivity contribution in [2.45, 2.75) is 69.2 Å². The predicted molar refractivity (Wildman–Crippen MR) is 146 cm³/mol. The van der Waals surface area contributed by atoms with Crippen LogP contribution in [0.15, 0.2) is 70.9 Å². The molecule has 0 amide bonds. The molecule has 0 unspecified atom stereocenters. The van der Waals surface area contributed by atoms with Gasteiger partial charge in [-0.15, -0.1) is 0 Å². The van der Waals surface area contributed by atoms with Gasteiger partial charge in [0.2, 0.25) is 0 Å². The van der Waals surface area contributed by atoms with Crippen LogP contribution >= 0.6 is 0 Å². The van der Waals surface area contributed by atoms with Gasteiger partial charge in [0.25, 0.3) is 0 Å². The standard InChI is InChI=1S/C12H10N2.2C10H15.Sm/c1-3-7-11(8-4-1)13-14-12-9-5-2-6-10-12;2*1-6-7(2)9(4)10(5)8(6)3;/h1-10H;2*1-5H3;. The Balaban J connectivity index is 0.000000265. The fourth-order valence-corrected chi connectivity index (χ4v) is 3.92. The first kappa shape index (κ1) is 32.4. The maximum Gasteiger partial charge on any atom is 0.0857 e. The van der Waals surface area contributed by atoms with E-state index < -0.39 is 0 Å². The Labute approximate surface area is 249 Å². The molecule has 10 radical (unpaired) electrons. The Morgan fingerprint density at radius 3 is 0.657 bits per heavy atom. The van der Waals surface area contributed by atoms with Crippen molar-refractivity contribution in [1.29, 1.82) is 0 Å². The third-order valence-electron chi connectivity index (χ3n) is 7.42. The van der Waals surface area contributed by atoms with Gasteiger partial charge in [-0.2, -0.15) is 10.2 Å². The summed E-state index contributed by atoms with van der Waals surface area (Å²) in [6, 6.07) is 19.4. The molecule has 0 bridgehead atoms.